The largest absolute Gasteiger partial charge is 0.342 e. The third kappa shape index (κ3) is 9.66. The van der Waals surface area contributed by atoms with Crippen molar-refractivity contribution in [3.8, 4) is 0 Å². The predicted molar refractivity (Wildman–Crippen MR) is 158 cm³/mol. The van der Waals surface area contributed by atoms with E-state index in [1.807, 2.05) is 74.5 Å². The Labute approximate surface area is 230 Å². The number of oxime groups is 2. The van der Waals surface area contributed by atoms with Crippen LogP contribution in [0.1, 0.15) is 56.9 Å². The molecule has 8 heteroatoms. The van der Waals surface area contributed by atoms with Crippen LogP contribution in [0.3, 0.4) is 0 Å². The molecule has 0 aliphatic rings. The van der Waals surface area contributed by atoms with Gasteiger partial charge in [-0.15, -0.1) is 0 Å². The number of carbonyl (C=O) groups is 2. The van der Waals surface area contributed by atoms with Crippen molar-refractivity contribution in [2.75, 3.05) is 18.5 Å². The van der Waals surface area contributed by atoms with Crippen LogP contribution in [0.4, 0.5) is 11.4 Å². The maximum atomic E-state index is 10.8. The van der Waals surface area contributed by atoms with E-state index in [1.165, 1.54) is 13.8 Å². The van der Waals surface area contributed by atoms with Crippen molar-refractivity contribution in [2.24, 2.45) is 15.3 Å². The fraction of sp³-hybridized carbons (Fsp3) is 0.258. The molecule has 0 saturated heterocycles. The summed E-state index contributed by atoms with van der Waals surface area (Å²) in [6, 6.07) is 24.1. The van der Waals surface area contributed by atoms with Crippen molar-refractivity contribution in [2.45, 2.75) is 41.5 Å². The van der Waals surface area contributed by atoms with Gasteiger partial charge in [0, 0.05) is 56.2 Å². The molecule has 0 amide bonds. The Morgan fingerprint density at radius 3 is 1.87 bits per heavy atom. The van der Waals surface area contributed by atoms with Crippen molar-refractivity contribution in [3.63, 3.8) is 0 Å². The van der Waals surface area contributed by atoms with Gasteiger partial charge < -0.3 is 14.6 Å². The molecule has 3 aromatic rings. The number of anilines is 2. The SMILES string of the molecule is CCN(c1ccccc1)c1ccc(/C(C)=N\OC(C)=O)cc1.CN=Cc1c(C)cccc1/C(C)=N/OC(C)=O. The first kappa shape index (κ1) is 30.6. The molecule has 3 rings (SSSR count). The summed E-state index contributed by atoms with van der Waals surface area (Å²) >= 11 is 0. The van der Waals surface area contributed by atoms with E-state index in [0.717, 1.165) is 40.2 Å². The Morgan fingerprint density at radius 2 is 1.33 bits per heavy atom. The van der Waals surface area contributed by atoms with Gasteiger partial charge in [-0.1, -0.05) is 58.8 Å². The standard InChI is InChI=1S/C18H20N2O2.C13H16N2O2/c1-4-20(17-8-6-5-7-9-17)18-12-10-16(11-13-18)14(2)19-22-15(3)21;1-9-6-5-7-12(13(9)8-14-4)10(2)15-17-11(3)16/h5-13H,4H2,1-3H3;5-8H,1-4H3/b19-14-;14-8?,15-10+. The molecule has 0 aromatic heterocycles. The molecular weight excluding hydrogens is 492 g/mol. The molecule has 8 nitrogen and oxygen atoms in total. The molecule has 204 valence electrons. The number of hydrogen-bond donors (Lipinski definition) is 0. The van der Waals surface area contributed by atoms with Gasteiger partial charge >= 0.3 is 11.9 Å². The highest BCUT2D eigenvalue weighted by Gasteiger charge is 2.08. The molecule has 0 aliphatic carbocycles. The number of nitrogens with zero attached hydrogens (tertiary/aromatic N) is 4. The van der Waals surface area contributed by atoms with Crippen molar-refractivity contribution >= 4 is 41.0 Å². The van der Waals surface area contributed by atoms with E-state index >= 15 is 0 Å². The second kappa shape index (κ2) is 15.6. The average Bonchev–Trinajstić information content (AvgIpc) is 2.93. The van der Waals surface area contributed by atoms with Gasteiger partial charge in [0.05, 0.1) is 11.4 Å². The zero-order valence-corrected chi connectivity index (χ0v) is 23.6. The molecule has 0 fully saturated rings. The van der Waals surface area contributed by atoms with Crippen LogP contribution in [-0.4, -0.2) is 43.2 Å². The molecule has 0 N–H and O–H groups in total. The van der Waals surface area contributed by atoms with Crippen LogP contribution >= 0.6 is 0 Å². The number of aryl methyl sites for hydroxylation is 1. The quantitative estimate of drug-likeness (QED) is 0.190. The highest BCUT2D eigenvalue weighted by Crippen LogP contribution is 2.25. The number of rotatable bonds is 8. The summed E-state index contributed by atoms with van der Waals surface area (Å²) in [5, 5.41) is 7.58. The zero-order valence-electron chi connectivity index (χ0n) is 23.6. The molecule has 39 heavy (non-hydrogen) atoms. The van der Waals surface area contributed by atoms with Gasteiger partial charge in [0.2, 0.25) is 0 Å². The lowest BCUT2D eigenvalue weighted by molar-refractivity contribution is -0.141. The van der Waals surface area contributed by atoms with Gasteiger partial charge in [-0.3, -0.25) is 4.99 Å². The van der Waals surface area contributed by atoms with Gasteiger partial charge in [0.15, 0.2) is 0 Å². The van der Waals surface area contributed by atoms with Crippen molar-refractivity contribution < 1.29 is 19.3 Å². The molecule has 3 aromatic carbocycles. The van der Waals surface area contributed by atoms with Crippen molar-refractivity contribution in [1.82, 2.24) is 0 Å². The van der Waals surface area contributed by atoms with E-state index in [4.69, 9.17) is 0 Å². The highest BCUT2D eigenvalue weighted by molar-refractivity contribution is 6.06. The second-order valence-electron chi connectivity index (χ2n) is 8.57. The van der Waals surface area contributed by atoms with Gasteiger partial charge in [-0.2, -0.15) is 0 Å². The molecule has 0 saturated carbocycles. The summed E-state index contributed by atoms with van der Waals surface area (Å²) in [5.41, 5.74) is 7.52. The smallest absolute Gasteiger partial charge is 0.331 e. The van der Waals surface area contributed by atoms with Crippen LogP contribution in [0.25, 0.3) is 0 Å². The van der Waals surface area contributed by atoms with Gasteiger partial charge in [-0.05, 0) is 63.1 Å². The molecule has 0 atom stereocenters. The molecule has 0 bridgehead atoms. The first-order valence-electron chi connectivity index (χ1n) is 12.6. The Balaban J connectivity index is 0.000000283. The van der Waals surface area contributed by atoms with Crippen LogP contribution in [0.5, 0.6) is 0 Å². The summed E-state index contributed by atoms with van der Waals surface area (Å²) in [4.78, 5) is 37.0. The lowest BCUT2D eigenvalue weighted by atomic mass is 10.00. The summed E-state index contributed by atoms with van der Waals surface area (Å²) in [5.74, 6) is -0.847. The summed E-state index contributed by atoms with van der Waals surface area (Å²) < 4.78 is 0. The molecule has 0 unspecified atom stereocenters. The Bertz CT molecular complexity index is 1330. The second-order valence-corrected chi connectivity index (χ2v) is 8.57. The molecule has 0 radical (unpaired) electrons. The van der Waals surface area contributed by atoms with Crippen LogP contribution < -0.4 is 4.90 Å². The van der Waals surface area contributed by atoms with Crippen LogP contribution in [0, 0.1) is 6.92 Å². The molecular formula is C31H36N4O4. The van der Waals surface area contributed by atoms with Gasteiger partial charge in [0.1, 0.15) is 0 Å². The normalized spacial score (nSPS) is 11.5. The number of carbonyl (C=O) groups excluding carboxylic acids is 2. The average molecular weight is 529 g/mol. The minimum Gasteiger partial charge on any atom is -0.342 e. The maximum absolute atomic E-state index is 10.8. The number of para-hydroxylation sites is 1. The van der Waals surface area contributed by atoms with Crippen LogP contribution in [0.2, 0.25) is 0 Å². The van der Waals surface area contributed by atoms with E-state index in [-0.39, 0.29) is 0 Å². The van der Waals surface area contributed by atoms with Crippen LogP contribution in [0.15, 0.2) is 88.1 Å². The topological polar surface area (TPSA) is 92.9 Å². The van der Waals surface area contributed by atoms with Gasteiger partial charge in [0.25, 0.3) is 0 Å². The zero-order chi connectivity index (χ0) is 28.8. The summed E-state index contributed by atoms with van der Waals surface area (Å²) in [6.45, 7) is 11.3. The maximum Gasteiger partial charge on any atom is 0.331 e. The lowest BCUT2D eigenvalue weighted by Crippen LogP contribution is -2.15. The van der Waals surface area contributed by atoms with E-state index in [2.05, 4.69) is 48.9 Å². The first-order valence-corrected chi connectivity index (χ1v) is 12.6. The fourth-order valence-electron chi connectivity index (χ4n) is 3.67. The summed E-state index contributed by atoms with van der Waals surface area (Å²) in [7, 11) is 1.72. The van der Waals surface area contributed by atoms with Gasteiger partial charge in [-0.25, -0.2) is 9.59 Å². The predicted octanol–water partition coefficient (Wildman–Crippen LogP) is 6.46. The third-order valence-corrected chi connectivity index (χ3v) is 5.58. The van der Waals surface area contributed by atoms with E-state index < -0.39 is 11.9 Å². The molecule has 0 spiro atoms. The van der Waals surface area contributed by atoms with E-state index in [9.17, 15) is 9.59 Å². The highest BCUT2D eigenvalue weighted by atomic mass is 16.7. The number of hydrogen-bond acceptors (Lipinski definition) is 8. The van der Waals surface area contributed by atoms with Crippen molar-refractivity contribution in [1.29, 1.82) is 0 Å². The Hall–Kier alpha value is -4.59. The Kier molecular flexibility index (Phi) is 12.3. The minimum atomic E-state index is -0.428. The van der Waals surface area contributed by atoms with E-state index in [0.29, 0.717) is 11.4 Å². The third-order valence-electron chi connectivity index (χ3n) is 5.58. The fourth-order valence-corrected chi connectivity index (χ4v) is 3.67. The molecule has 0 heterocycles. The monoisotopic (exact) mass is 528 g/mol. The number of benzene rings is 3. The van der Waals surface area contributed by atoms with E-state index in [1.54, 1.807) is 20.2 Å². The lowest BCUT2D eigenvalue weighted by Gasteiger charge is -2.23. The molecule has 0 aliphatic heterocycles. The van der Waals surface area contributed by atoms with Crippen molar-refractivity contribution in [3.05, 3.63) is 95.1 Å². The summed E-state index contributed by atoms with van der Waals surface area (Å²) in [6.07, 6.45) is 1.78. The minimum absolute atomic E-state index is 0.419. The Morgan fingerprint density at radius 1 is 0.769 bits per heavy atom. The van der Waals surface area contributed by atoms with Crippen LogP contribution in [-0.2, 0) is 19.3 Å². The first-order chi connectivity index (χ1) is 18.7. The number of aliphatic imine (C=N–C) groups is 1.